The van der Waals surface area contributed by atoms with Crippen molar-refractivity contribution < 1.29 is 19.7 Å². The van der Waals surface area contributed by atoms with Gasteiger partial charge in [-0.2, -0.15) is 0 Å². The topological polar surface area (TPSA) is 66.8 Å². The van der Waals surface area contributed by atoms with Gasteiger partial charge in [-0.15, -0.1) is 0 Å². The number of aliphatic hydroxyl groups excluding tert-OH is 2. The van der Waals surface area contributed by atoms with E-state index in [0.717, 1.165) is 19.3 Å². The van der Waals surface area contributed by atoms with Crippen molar-refractivity contribution in [2.24, 2.45) is 22.7 Å². The van der Waals surface area contributed by atoms with E-state index >= 15 is 0 Å². The van der Waals surface area contributed by atoms with Gasteiger partial charge in [0, 0.05) is 11.6 Å². The normalized spacial score (nSPS) is 43.6. The van der Waals surface area contributed by atoms with Crippen molar-refractivity contribution >= 4 is 5.97 Å². The minimum Gasteiger partial charge on any atom is -0.429 e. The highest BCUT2D eigenvalue weighted by Gasteiger charge is 2.54. The van der Waals surface area contributed by atoms with E-state index in [1.807, 2.05) is 0 Å². The van der Waals surface area contributed by atoms with Crippen LogP contribution in [0.25, 0.3) is 0 Å². The molecule has 24 heavy (non-hydrogen) atoms. The molecule has 1 heterocycles. The average Bonchev–Trinajstić information content (AvgIpc) is 2.85. The van der Waals surface area contributed by atoms with E-state index < -0.39 is 18.4 Å². The summed E-state index contributed by atoms with van der Waals surface area (Å²) in [6, 6.07) is 0. The number of aliphatic hydroxyl groups is 2. The molecule has 0 aromatic heterocycles. The van der Waals surface area contributed by atoms with Crippen LogP contribution in [-0.4, -0.2) is 28.6 Å². The number of esters is 1. The number of hydrogen-bond donors (Lipinski definition) is 2. The number of hydrogen-bond acceptors (Lipinski definition) is 4. The summed E-state index contributed by atoms with van der Waals surface area (Å²) in [5.74, 6) is 0.427. The first-order chi connectivity index (χ1) is 11.2. The Bertz CT molecular complexity index is 592. The predicted octanol–water partition coefficient (Wildman–Crippen LogP) is 3.34. The molecule has 1 aliphatic heterocycles. The third-order valence-electron chi connectivity index (χ3n) is 7.41. The summed E-state index contributed by atoms with van der Waals surface area (Å²) >= 11 is 0. The molecule has 0 amide bonds. The van der Waals surface area contributed by atoms with Gasteiger partial charge in [-0.05, 0) is 61.7 Å². The molecule has 1 fully saturated rings. The number of fused-ring (bicyclic) bond motifs is 1. The molecule has 1 unspecified atom stereocenters. The number of ether oxygens (including phenoxy) is 1. The molecule has 0 spiro atoms. The van der Waals surface area contributed by atoms with Gasteiger partial charge >= 0.3 is 5.97 Å². The highest BCUT2D eigenvalue weighted by atomic mass is 16.6. The van der Waals surface area contributed by atoms with Crippen molar-refractivity contribution in [1.29, 1.82) is 0 Å². The maximum atomic E-state index is 11.3. The molecule has 0 radical (unpaired) electrons. The second-order valence-corrected chi connectivity index (χ2v) is 8.53. The first kappa shape index (κ1) is 17.7. The van der Waals surface area contributed by atoms with Gasteiger partial charge in [-0.25, -0.2) is 4.79 Å². The highest BCUT2D eigenvalue weighted by molar-refractivity contribution is 5.85. The number of carbonyl (C=O) groups is 1. The Labute approximate surface area is 144 Å². The van der Waals surface area contributed by atoms with Gasteiger partial charge in [-0.3, -0.25) is 0 Å². The molecule has 4 heteroatoms. The lowest BCUT2D eigenvalue weighted by Gasteiger charge is -2.58. The quantitative estimate of drug-likeness (QED) is 0.614. The van der Waals surface area contributed by atoms with Gasteiger partial charge in [0.1, 0.15) is 0 Å². The second kappa shape index (κ2) is 5.99. The summed E-state index contributed by atoms with van der Waals surface area (Å²) in [6.45, 7) is 9.18. The van der Waals surface area contributed by atoms with Crippen molar-refractivity contribution in [3.05, 3.63) is 23.3 Å². The molecule has 0 saturated heterocycles. The van der Waals surface area contributed by atoms with Crippen molar-refractivity contribution in [3.8, 4) is 0 Å². The van der Waals surface area contributed by atoms with E-state index in [2.05, 4.69) is 33.8 Å². The third-order valence-corrected chi connectivity index (χ3v) is 7.41. The van der Waals surface area contributed by atoms with Gasteiger partial charge in [0.05, 0.1) is 6.10 Å². The van der Waals surface area contributed by atoms with Gasteiger partial charge in [0.15, 0.2) is 0 Å². The Balaban J connectivity index is 1.88. The van der Waals surface area contributed by atoms with E-state index in [0.29, 0.717) is 23.8 Å². The molecule has 4 nitrogen and oxygen atoms in total. The van der Waals surface area contributed by atoms with Crippen LogP contribution in [0.1, 0.15) is 59.8 Å². The minimum absolute atomic E-state index is 0.0336. The predicted molar refractivity (Wildman–Crippen MR) is 91.9 cm³/mol. The summed E-state index contributed by atoms with van der Waals surface area (Å²) < 4.78 is 4.74. The fraction of sp³-hybridized carbons (Fsp3) is 0.750. The Kier molecular flexibility index (Phi) is 4.42. The van der Waals surface area contributed by atoms with Crippen molar-refractivity contribution in [2.75, 3.05) is 0 Å². The third kappa shape index (κ3) is 2.64. The smallest absolute Gasteiger partial charge is 0.333 e. The molecule has 3 aliphatic rings. The maximum Gasteiger partial charge on any atom is 0.333 e. The lowest BCUT2D eigenvalue weighted by molar-refractivity contribution is -0.152. The van der Waals surface area contributed by atoms with Crippen LogP contribution in [0.3, 0.4) is 0 Å². The molecule has 2 aliphatic carbocycles. The molecule has 6 atom stereocenters. The van der Waals surface area contributed by atoms with Crippen LogP contribution in [0.15, 0.2) is 23.3 Å². The van der Waals surface area contributed by atoms with Crippen LogP contribution >= 0.6 is 0 Å². The Morgan fingerprint density at radius 3 is 2.71 bits per heavy atom. The first-order valence-corrected chi connectivity index (χ1v) is 9.14. The molecular formula is C20H30O4. The van der Waals surface area contributed by atoms with E-state index in [-0.39, 0.29) is 10.8 Å². The zero-order valence-electron chi connectivity index (χ0n) is 15.2. The standard InChI is InChI=1S/C20H30O4/c1-12-6-5-7-16-19(12,3)9-8-13(2)20(16,4)11-15(21)14-10-17(22)24-18(14)23/h6,10,13,15-16,18,21,23H,5,7-9,11H2,1-4H3/t13-,15-,16+,18?,19+,20+/m0/s1. The van der Waals surface area contributed by atoms with Gasteiger partial charge in [-0.1, -0.05) is 32.4 Å². The number of rotatable bonds is 3. The van der Waals surface area contributed by atoms with Crippen LogP contribution < -0.4 is 0 Å². The summed E-state index contributed by atoms with van der Waals surface area (Å²) in [6.07, 6.45) is 6.60. The molecule has 134 valence electrons. The fourth-order valence-electron chi connectivity index (χ4n) is 5.47. The molecule has 0 aromatic rings. The van der Waals surface area contributed by atoms with Crippen LogP contribution in [0.2, 0.25) is 0 Å². The van der Waals surface area contributed by atoms with Crippen LogP contribution in [0.4, 0.5) is 0 Å². The first-order valence-electron chi connectivity index (χ1n) is 9.14. The Morgan fingerprint density at radius 1 is 1.38 bits per heavy atom. The minimum atomic E-state index is -1.30. The van der Waals surface area contributed by atoms with Crippen molar-refractivity contribution in [3.63, 3.8) is 0 Å². The van der Waals surface area contributed by atoms with E-state index in [1.54, 1.807) is 0 Å². The largest absolute Gasteiger partial charge is 0.429 e. The highest BCUT2D eigenvalue weighted by Crippen LogP contribution is 2.62. The zero-order chi connectivity index (χ0) is 17.7. The number of carbonyl (C=O) groups excluding carboxylic acids is 1. The molecule has 0 aromatic carbocycles. The summed E-state index contributed by atoms with van der Waals surface area (Å²) in [5, 5.41) is 20.6. The Hall–Kier alpha value is -1.13. The monoisotopic (exact) mass is 334 g/mol. The van der Waals surface area contributed by atoms with Crippen LogP contribution in [0.5, 0.6) is 0 Å². The maximum absolute atomic E-state index is 11.3. The molecular weight excluding hydrogens is 304 g/mol. The van der Waals surface area contributed by atoms with Crippen molar-refractivity contribution in [2.45, 2.75) is 72.2 Å². The summed E-state index contributed by atoms with van der Waals surface area (Å²) in [7, 11) is 0. The van der Waals surface area contributed by atoms with Crippen molar-refractivity contribution in [1.82, 2.24) is 0 Å². The summed E-state index contributed by atoms with van der Waals surface area (Å²) in [5.41, 5.74) is 1.94. The summed E-state index contributed by atoms with van der Waals surface area (Å²) in [4.78, 5) is 11.3. The molecule has 0 bridgehead atoms. The zero-order valence-corrected chi connectivity index (χ0v) is 15.2. The van der Waals surface area contributed by atoms with Gasteiger partial charge < -0.3 is 14.9 Å². The average molecular weight is 334 g/mol. The molecule has 1 saturated carbocycles. The second-order valence-electron chi connectivity index (χ2n) is 8.53. The number of allylic oxidation sites excluding steroid dienone is 2. The lowest BCUT2D eigenvalue weighted by atomic mass is 9.46. The fourth-order valence-corrected chi connectivity index (χ4v) is 5.47. The SMILES string of the molecule is CC1=CCC[C@H]2[C@](C)(C[C@H](O)C3=CC(=O)OC3O)[C@@H](C)CC[C@]12C. The van der Waals surface area contributed by atoms with Crippen LogP contribution in [0, 0.1) is 22.7 Å². The molecule has 3 rings (SSSR count). The van der Waals surface area contributed by atoms with Gasteiger partial charge in [0.2, 0.25) is 6.29 Å². The number of cyclic esters (lactones) is 1. The molecule has 2 N–H and O–H groups in total. The Morgan fingerprint density at radius 2 is 2.08 bits per heavy atom. The lowest BCUT2D eigenvalue weighted by Crippen LogP contribution is -2.51. The van der Waals surface area contributed by atoms with Crippen LogP contribution in [-0.2, 0) is 9.53 Å². The van der Waals surface area contributed by atoms with E-state index in [1.165, 1.54) is 18.1 Å². The van der Waals surface area contributed by atoms with Gasteiger partial charge in [0.25, 0.3) is 0 Å². The van der Waals surface area contributed by atoms with E-state index in [4.69, 9.17) is 4.74 Å². The van der Waals surface area contributed by atoms with E-state index in [9.17, 15) is 15.0 Å².